The zero-order valence-electron chi connectivity index (χ0n) is 12.8. The van der Waals surface area contributed by atoms with Crippen LogP contribution in [0.25, 0.3) is 0 Å². The molecule has 0 aliphatic carbocycles. The van der Waals surface area contributed by atoms with E-state index in [0.29, 0.717) is 36.6 Å². The number of amides is 1. The second-order valence-electron chi connectivity index (χ2n) is 6.05. The fourth-order valence-electron chi connectivity index (χ4n) is 3.27. The molecular formula is C17H23NO3. The minimum absolute atomic E-state index is 0.102. The van der Waals surface area contributed by atoms with Crippen LogP contribution < -0.4 is 9.47 Å². The Kier molecular flexibility index (Phi) is 4.04. The molecule has 1 amide bonds. The summed E-state index contributed by atoms with van der Waals surface area (Å²) in [5.41, 5.74) is 0.694. The molecule has 21 heavy (non-hydrogen) atoms. The number of piperidine rings is 1. The molecule has 0 saturated carbocycles. The largest absolute Gasteiger partial charge is 0.490 e. The normalized spacial score (nSPS) is 25.3. The fraction of sp³-hybridized carbons (Fsp3) is 0.588. The van der Waals surface area contributed by atoms with Gasteiger partial charge in [0.05, 0.1) is 13.2 Å². The molecule has 1 saturated heterocycles. The highest BCUT2D eigenvalue weighted by Crippen LogP contribution is 2.32. The number of hydrogen-bond donors (Lipinski definition) is 0. The van der Waals surface area contributed by atoms with E-state index in [1.165, 1.54) is 6.42 Å². The topological polar surface area (TPSA) is 38.8 Å². The maximum atomic E-state index is 12.8. The predicted octanol–water partition coefficient (Wildman–Crippen LogP) is 3.25. The number of rotatable bonds is 1. The van der Waals surface area contributed by atoms with Gasteiger partial charge in [0.1, 0.15) is 0 Å². The summed E-state index contributed by atoms with van der Waals surface area (Å²) in [6, 6.07) is 6.14. The lowest BCUT2D eigenvalue weighted by Gasteiger charge is -2.39. The van der Waals surface area contributed by atoms with Crippen molar-refractivity contribution in [2.75, 3.05) is 13.2 Å². The molecule has 1 aromatic rings. The quantitative estimate of drug-likeness (QED) is 0.796. The molecule has 0 spiro atoms. The lowest BCUT2D eigenvalue weighted by molar-refractivity contribution is 0.0510. The van der Waals surface area contributed by atoms with Crippen molar-refractivity contribution in [1.29, 1.82) is 0 Å². The molecule has 2 heterocycles. The Labute approximate surface area is 126 Å². The molecule has 2 aliphatic rings. The molecule has 2 unspecified atom stereocenters. The van der Waals surface area contributed by atoms with E-state index in [1.54, 1.807) is 0 Å². The lowest BCUT2D eigenvalue weighted by atomic mass is 9.96. The molecule has 1 fully saturated rings. The fourth-order valence-corrected chi connectivity index (χ4v) is 3.27. The van der Waals surface area contributed by atoms with E-state index in [4.69, 9.17) is 9.47 Å². The van der Waals surface area contributed by atoms with Crippen LogP contribution in [0, 0.1) is 0 Å². The van der Waals surface area contributed by atoms with Gasteiger partial charge in [0.2, 0.25) is 0 Å². The maximum absolute atomic E-state index is 12.8. The number of nitrogens with zero attached hydrogens (tertiary/aromatic N) is 1. The highest BCUT2D eigenvalue weighted by Gasteiger charge is 2.30. The van der Waals surface area contributed by atoms with E-state index in [1.807, 2.05) is 23.1 Å². The van der Waals surface area contributed by atoms with Gasteiger partial charge in [-0.15, -0.1) is 0 Å². The number of ether oxygens (including phenoxy) is 2. The van der Waals surface area contributed by atoms with Crippen LogP contribution in [0.3, 0.4) is 0 Å². The molecule has 0 radical (unpaired) electrons. The Hall–Kier alpha value is -1.71. The van der Waals surface area contributed by atoms with E-state index in [2.05, 4.69) is 13.8 Å². The van der Waals surface area contributed by atoms with Crippen molar-refractivity contribution >= 4 is 5.91 Å². The lowest BCUT2D eigenvalue weighted by Crippen LogP contribution is -2.47. The number of hydrogen-bond acceptors (Lipinski definition) is 3. The third-order valence-electron chi connectivity index (χ3n) is 4.42. The van der Waals surface area contributed by atoms with Crippen molar-refractivity contribution in [1.82, 2.24) is 4.90 Å². The van der Waals surface area contributed by atoms with Crippen molar-refractivity contribution in [3.63, 3.8) is 0 Å². The van der Waals surface area contributed by atoms with E-state index in [-0.39, 0.29) is 5.91 Å². The van der Waals surface area contributed by atoms with Gasteiger partial charge in [-0.05, 0) is 51.3 Å². The molecule has 4 nitrogen and oxygen atoms in total. The average molecular weight is 289 g/mol. The van der Waals surface area contributed by atoms with Crippen LogP contribution in [0.5, 0.6) is 11.5 Å². The Bertz CT molecular complexity index is 519. The van der Waals surface area contributed by atoms with Gasteiger partial charge in [0.15, 0.2) is 11.5 Å². The van der Waals surface area contributed by atoms with Gasteiger partial charge in [-0.25, -0.2) is 0 Å². The summed E-state index contributed by atoms with van der Waals surface area (Å²) >= 11 is 0. The minimum Gasteiger partial charge on any atom is -0.490 e. The monoisotopic (exact) mass is 289 g/mol. The zero-order chi connectivity index (χ0) is 14.8. The first-order valence-corrected chi connectivity index (χ1v) is 7.89. The minimum atomic E-state index is 0.102. The zero-order valence-corrected chi connectivity index (χ0v) is 12.8. The number of likely N-dealkylation sites (tertiary alicyclic amines) is 1. The summed E-state index contributed by atoms with van der Waals surface area (Å²) in [5, 5.41) is 0. The Morgan fingerprint density at radius 3 is 2.43 bits per heavy atom. The Balaban J connectivity index is 1.86. The molecule has 0 N–H and O–H groups in total. The van der Waals surface area contributed by atoms with Gasteiger partial charge >= 0.3 is 0 Å². The molecule has 2 atom stereocenters. The molecule has 3 rings (SSSR count). The van der Waals surface area contributed by atoms with Crippen molar-refractivity contribution in [3.05, 3.63) is 23.8 Å². The number of carbonyl (C=O) groups excluding carboxylic acids is 1. The molecule has 2 aliphatic heterocycles. The van der Waals surface area contributed by atoms with Gasteiger partial charge in [-0.1, -0.05) is 0 Å². The molecular weight excluding hydrogens is 266 g/mol. The second-order valence-corrected chi connectivity index (χ2v) is 6.05. The van der Waals surface area contributed by atoms with Gasteiger partial charge < -0.3 is 14.4 Å². The SMILES string of the molecule is CC1CCCC(C)N1C(=O)c1ccc2c(c1)OCCCO2. The first-order chi connectivity index (χ1) is 10.2. The first-order valence-electron chi connectivity index (χ1n) is 7.89. The summed E-state index contributed by atoms with van der Waals surface area (Å²) in [6.07, 6.45) is 4.24. The van der Waals surface area contributed by atoms with Gasteiger partial charge in [0, 0.05) is 24.1 Å². The predicted molar refractivity (Wildman–Crippen MR) is 81.0 cm³/mol. The van der Waals surface area contributed by atoms with Crippen LogP contribution in [-0.4, -0.2) is 36.1 Å². The van der Waals surface area contributed by atoms with Crippen molar-refractivity contribution < 1.29 is 14.3 Å². The van der Waals surface area contributed by atoms with Crippen molar-refractivity contribution in [2.24, 2.45) is 0 Å². The van der Waals surface area contributed by atoms with Crippen LogP contribution in [-0.2, 0) is 0 Å². The van der Waals surface area contributed by atoms with Crippen molar-refractivity contribution in [2.45, 2.75) is 51.6 Å². The van der Waals surface area contributed by atoms with Gasteiger partial charge in [0.25, 0.3) is 5.91 Å². The van der Waals surface area contributed by atoms with E-state index < -0.39 is 0 Å². The third-order valence-corrected chi connectivity index (χ3v) is 4.42. The Morgan fingerprint density at radius 1 is 1.05 bits per heavy atom. The summed E-state index contributed by atoms with van der Waals surface area (Å²) in [5.74, 6) is 1.53. The van der Waals surface area contributed by atoms with Crippen LogP contribution in [0.15, 0.2) is 18.2 Å². The van der Waals surface area contributed by atoms with E-state index in [0.717, 1.165) is 25.0 Å². The second kappa shape index (κ2) is 5.96. The maximum Gasteiger partial charge on any atom is 0.254 e. The highest BCUT2D eigenvalue weighted by molar-refractivity contribution is 5.95. The molecule has 0 bridgehead atoms. The van der Waals surface area contributed by atoms with E-state index in [9.17, 15) is 4.79 Å². The number of benzene rings is 1. The van der Waals surface area contributed by atoms with Crippen LogP contribution in [0.1, 0.15) is 49.9 Å². The molecule has 0 aromatic heterocycles. The first kappa shape index (κ1) is 14.2. The molecule has 4 heteroatoms. The molecule has 114 valence electrons. The summed E-state index contributed by atoms with van der Waals surface area (Å²) in [6.45, 7) is 5.58. The van der Waals surface area contributed by atoms with Crippen molar-refractivity contribution in [3.8, 4) is 11.5 Å². The van der Waals surface area contributed by atoms with Gasteiger partial charge in [-0.2, -0.15) is 0 Å². The smallest absolute Gasteiger partial charge is 0.254 e. The van der Waals surface area contributed by atoms with Gasteiger partial charge in [-0.3, -0.25) is 4.79 Å². The van der Waals surface area contributed by atoms with Crippen LogP contribution >= 0.6 is 0 Å². The molecule has 1 aromatic carbocycles. The van der Waals surface area contributed by atoms with Crippen LogP contribution in [0.4, 0.5) is 0 Å². The number of fused-ring (bicyclic) bond motifs is 1. The number of carbonyl (C=O) groups is 1. The third kappa shape index (κ3) is 2.85. The summed E-state index contributed by atoms with van der Waals surface area (Å²) < 4.78 is 11.3. The summed E-state index contributed by atoms with van der Waals surface area (Å²) in [4.78, 5) is 14.8. The van der Waals surface area contributed by atoms with Crippen LogP contribution in [0.2, 0.25) is 0 Å². The Morgan fingerprint density at radius 2 is 1.71 bits per heavy atom. The average Bonchev–Trinajstić information content (AvgIpc) is 2.71. The van der Waals surface area contributed by atoms with E-state index >= 15 is 0 Å². The summed E-state index contributed by atoms with van der Waals surface area (Å²) in [7, 11) is 0. The standard InChI is InChI=1S/C17H23NO3/c1-12-5-3-6-13(2)18(12)17(19)14-7-8-15-16(11-14)21-10-4-9-20-15/h7-8,11-13H,3-6,9-10H2,1-2H3. The highest BCUT2D eigenvalue weighted by atomic mass is 16.5.